The van der Waals surface area contributed by atoms with Gasteiger partial charge in [0.15, 0.2) is 0 Å². The zero-order chi connectivity index (χ0) is 19.5. The summed E-state index contributed by atoms with van der Waals surface area (Å²) in [4.78, 5) is 33.8. The predicted molar refractivity (Wildman–Crippen MR) is 107 cm³/mol. The molecule has 1 aromatic carbocycles. The van der Waals surface area contributed by atoms with E-state index in [2.05, 4.69) is 9.97 Å². The van der Waals surface area contributed by atoms with Crippen LogP contribution in [0.15, 0.2) is 40.5 Å². The molecule has 28 heavy (non-hydrogen) atoms. The first kappa shape index (κ1) is 18.6. The molecule has 0 saturated carbocycles. The molecule has 0 aliphatic carbocycles. The monoisotopic (exact) mass is 399 g/mol. The van der Waals surface area contributed by atoms with Gasteiger partial charge in [-0.25, -0.2) is 4.98 Å². The Morgan fingerprint density at radius 1 is 1.39 bits per heavy atom. The maximum atomic E-state index is 13.0. The number of fused-ring (bicyclic) bond motifs is 1. The van der Waals surface area contributed by atoms with Crippen molar-refractivity contribution in [2.45, 2.75) is 25.5 Å². The van der Waals surface area contributed by atoms with E-state index in [1.54, 1.807) is 31.3 Å². The lowest BCUT2D eigenvalue weighted by Gasteiger charge is -2.19. The molecular formula is C20H21N3O4S. The van der Waals surface area contributed by atoms with Crippen molar-refractivity contribution in [2.75, 3.05) is 20.3 Å². The Morgan fingerprint density at radius 2 is 2.25 bits per heavy atom. The molecule has 3 heterocycles. The number of benzene rings is 1. The van der Waals surface area contributed by atoms with Crippen molar-refractivity contribution in [3.8, 4) is 5.75 Å². The lowest BCUT2D eigenvalue weighted by Crippen LogP contribution is -2.29. The van der Waals surface area contributed by atoms with E-state index in [1.165, 1.54) is 16.2 Å². The highest BCUT2D eigenvalue weighted by Crippen LogP contribution is 2.22. The van der Waals surface area contributed by atoms with Crippen LogP contribution in [0.2, 0.25) is 0 Å². The van der Waals surface area contributed by atoms with Gasteiger partial charge in [-0.15, -0.1) is 11.3 Å². The molecule has 1 aliphatic heterocycles. The standard InChI is InChI=1S/C20H21N3O4S/c1-23(11-17-21-15-8-10-28-18(15)19(24)22-17)20(25)14-6-2-3-7-16(14)27-12-13-5-4-9-26-13/h2-3,6-8,10,13H,4-5,9,11-12H2,1H3,(H,21,22,24). The van der Waals surface area contributed by atoms with Crippen LogP contribution in [0.3, 0.4) is 0 Å². The Morgan fingerprint density at radius 3 is 3.07 bits per heavy atom. The summed E-state index contributed by atoms with van der Waals surface area (Å²) < 4.78 is 12.0. The molecule has 146 valence electrons. The van der Waals surface area contributed by atoms with E-state index >= 15 is 0 Å². The molecule has 0 radical (unpaired) electrons. The lowest BCUT2D eigenvalue weighted by atomic mass is 10.1. The minimum Gasteiger partial charge on any atom is -0.490 e. The molecule has 1 amide bonds. The van der Waals surface area contributed by atoms with E-state index in [1.807, 2.05) is 11.4 Å². The number of hydrogen-bond donors (Lipinski definition) is 1. The Labute approximate surface area is 165 Å². The average molecular weight is 399 g/mol. The second kappa shape index (κ2) is 8.12. The van der Waals surface area contributed by atoms with Crippen LogP contribution < -0.4 is 10.3 Å². The van der Waals surface area contributed by atoms with Gasteiger partial charge in [0.05, 0.1) is 23.7 Å². The van der Waals surface area contributed by atoms with Crippen molar-refractivity contribution >= 4 is 27.5 Å². The van der Waals surface area contributed by atoms with Gasteiger partial charge in [0.1, 0.15) is 22.9 Å². The molecule has 0 spiro atoms. The summed E-state index contributed by atoms with van der Waals surface area (Å²) in [6.07, 6.45) is 2.09. The highest BCUT2D eigenvalue weighted by Gasteiger charge is 2.20. The van der Waals surface area contributed by atoms with Gasteiger partial charge < -0.3 is 19.4 Å². The number of aromatic nitrogens is 2. The molecule has 8 heteroatoms. The fourth-order valence-corrected chi connectivity index (χ4v) is 3.95. The van der Waals surface area contributed by atoms with Crippen molar-refractivity contribution in [2.24, 2.45) is 0 Å². The van der Waals surface area contributed by atoms with E-state index in [0.717, 1.165) is 19.4 Å². The number of nitrogens with zero attached hydrogens (tertiary/aromatic N) is 2. The van der Waals surface area contributed by atoms with Crippen LogP contribution in [0.4, 0.5) is 0 Å². The van der Waals surface area contributed by atoms with E-state index in [-0.39, 0.29) is 24.1 Å². The molecule has 1 N–H and O–H groups in total. The van der Waals surface area contributed by atoms with Crippen molar-refractivity contribution in [3.05, 3.63) is 57.5 Å². The van der Waals surface area contributed by atoms with Crippen LogP contribution in [0.5, 0.6) is 5.75 Å². The van der Waals surface area contributed by atoms with Crippen LogP contribution in [0, 0.1) is 0 Å². The van der Waals surface area contributed by atoms with Crippen LogP contribution in [-0.2, 0) is 11.3 Å². The van der Waals surface area contributed by atoms with Crippen molar-refractivity contribution in [1.29, 1.82) is 0 Å². The Bertz CT molecular complexity index is 1040. The third-order valence-electron chi connectivity index (χ3n) is 4.66. The number of carbonyl (C=O) groups excluding carboxylic acids is 1. The van der Waals surface area contributed by atoms with Crippen molar-refractivity contribution in [1.82, 2.24) is 14.9 Å². The maximum absolute atomic E-state index is 13.0. The largest absolute Gasteiger partial charge is 0.490 e. The highest BCUT2D eigenvalue weighted by molar-refractivity contribution is 7.17. The number of hydrogen-bond acceptors (Lipinski definition) is 6. The molecule has 1 aliphatic rings. The fourth-order valence-electron chi connectivity index (χ4n) is 3.23. The van der Waals surface area contributed by atoms with Crippen LogP contribution in [-0.4, -0.2) is 47.1 Å². The topological polar surface area (TPSA) is 84.5 Å². The second-order valence-corrected chi connectivity index (χ2v) is 7.67. The summed E-state index contributed by atoms with van der Waals surface area (Å²) in [5.74, 6) is 0.782. The second-order valence-electron chi connectivity index (χ2n) is 6.75. The van der Waals surface area contributed by atoms with Gasteiger partial charge in [0.25, 0.3) is 11.5 Å². The molecule has 1 unspecified atom stereocenters. The summed E-state index contributed by atoms with van der Waals surface area (Å²) in [6.45, 7) is 1.38. The Balaban J connectivity index is 1.49. The third-order valence-corrected chi connectivity index (χ3v) is 5.57. The molecule has 2 aromatic heterocycles. The quantitative estimate of drug-likeness (QED) is 0.689. The number of carbonyl (C=O) groups is 1. The van der Waals surface area contributed by atoms with Gasteiger partial charge >= 0.3 is 0 Å². The van der Waals surface area contributed by atoms with Crippen molar-refractivity contribution < 1.29 is 14.3 Å². The zero-order valence-electron chi connectivity index (χ0n) is 15.5. The van der Waals surface area contributed by atoms with Crippen molar-refractivity contribution in [3.63, 3.8) is 0 Å². The first-order chi connectivity index (χ1) is 13.6. The molecule has 0 bridgehead atoms. The van der Waals surface area contributed by atoms with Gasteiger partial charge in [-0.1, -0.05) is 12.1 Å². The SMILES string of the molecule is CN(Cc1nc2ccsc2c(=O)[nH]1)C(=O)c1ccccc1OCC1CCCO1. The summed E-state index contributed by atoms with van der Waals surface area (Å²) in [5.41, 5.74) is 0.933. The zero-order valence-corrected chi connectivity index (χ0v) is 16.3. The van der Waals surface area contributed by atoms with Gasteiger partial charge in [0.2, 0.25) is 0 Å². The fraction of sp³-hybridized carbons (Fsp3) is 0.350. The molecule has 4 rings (SSSR count). The molecule has 1 fully saturated rings. The molecular weight excluding hydrogens is 378 g/mol. The number of amides is 1. The van der Waals surface area contributed by atoms with Gasteiger partial charge in [-0.2, -0.15) is 0 Å². The third kappa shape index (κ3) is 3.93. The molecule has 1 saturated heterocycles. The normalized spacial score (nSPS) is 16.4. The number of ether oxygens (including phenoxy) is 2. The average Bonchev–Trinajstić information content (AvgIpc) is 3.38. The van der Waals surface area contributed by atoms with Gasteiger partial charge in [0, 0.05) is 13.7 Å². The van der Waals surface area contributed by atoms with E-state index in [0.29, 0.717) is 34.0 Å². The molecule has 1 atom stereocenters. The van der Waals surface area contributed by atoms with E-state index < -0.39 is 0 Å². The molecule has 7 nitrogen and oxygen atoms in total. The number of rotatable bonds is 6. The van der Waals surface area contributed by atoms with E-state index in [9.17, 15) is 9.59 Å². The minimum absolute atomic E-state index is 0.0764. The van der Waals surface area contributed by atoms with Crippen LogP contribution in [0.1, 0.15) is 29.0 Å². The maximum Gasteiger partial charge on any atom is 0.268 e. The first-order valence-corrected chi connectivity index (χ1v) is 10.0. The van der Waals surface area contributed by atoms with Crippen LogP contribution >= 0.6 is 11.3 Å². The summed E-state index contributed by atoms with van der Waals surface area (Å²) >= 11 is 1.35. The summed E-state index contributed by atoms with van der Waals surface area (Å²) in [5, 5.41) is 1.83. The number of para-hydroxylation sites is 1. The Hall–Kier alpha value is -2.71. The van der Waals surface area contributed by atoms with Gasteiger partial charge in [-0.05, 0) is 36.4 Å². The summed E-state index contributed by atoms with van der Waals surface area (Å²) in [7, 11) is 1.68. The number of nitrogens with one attached hydrogen (secondary N) is 1. The van der Waals surface area contributed by atoms with E-state index in [4.69, 9.17) is 9.47 Å². The van der Waals surface area contributed by atoms with Gasteiger partial charge in [-0.3, -0.25) is 9.59 Å². The predicted octanol–water partition coefficient (Wildman–Crippen LogP) is 2.81. The lowest BCUT2D eigenvalue weighted by molar-refractivity contribution is 0.0656. The first-order valence-electron chi connectivity index (χ1n) is 9.17. The highest BCUT2D eigenvalue weighted by atomic mass is 32.1. The summed E-state index contributed by atoms with van der Waals surface area (Å²) in [6, 6.07) is 8.97. The minimum atomic E-state index is -0.198. The smallest absolute Gasteiger partial charge is 0.268 e. The molecule has 3 aromatic rings. The number of thiophene rings is 1. The number of aromatic amines is 1. The number of H-pyrrole nitrogens is 1. The Kier molecular flexibility index (Phi) is 5.40. The van der Waals surface area contributed by atoms with Crippen LogP contribution in [0.25, 0.3) is 10.2 Å².